The Morgan fingerprint density at radius 2 is 2.05 bits per heavy atom. The summed E-state index contributed by atoms with van der Waals surface area (Å²) in [4.78, 5) is 24.4. The molecule has 6 nitrogen and oxygen atoms in total. The van der Waals surface area contributed by atoms with E-state index < -0.39 is 4.92 Å². The number of hydrogen-bond donors (Lipinski definition) is 1. The van der Waals surface area contributed by atoms with E-state index in [1.807, 2.05) is 0 Å². The average molecular weight is 300 g/mol. The molecule has 0 aliphatic carbocycles. The van der Waals surface area contributed by atoms with Gasteiger partial charge in [-0.05, 0) is 12.5 Å². The second kappa shape index (κ2) is 7.21. The summed E-state index contributed by atoms with van der Waals surface area (Å²) in [6.45, 7) is 4.71. The Morgan fingerprint density at radius 1 is 1.40 bits per heavy atom. The Morgan fingerprint density at radius 3 is 2.65 bits per heavy atom. The van der Waals surface area contributed by atoms with Crippen LogP contribution in [-0.4, -0.2) is 41.9 Å². The zero-order valence-electron chi connectivity index (χ0n) is 11.3. The minimum absolute atomic E-state index is 0. The molecule has 1 N–H and O–H groups in total. The molecule has 1 amide bonds. The van der Waals surface area contributed by atoms with Crippen LogP contribution in [0.3, 0.4) is 0 Å². The van der Waals surface area contributed by atoms with Gasteiger partial charge in [0.25, 0.3) is 5.69 Å². The SMILES string of the molecule is Cc1c(CC(=O)N2CCNCC2)cccc1[N+](=O)[O-].Cl. The monoisotopic (exact) mass is 299 g/mol. The van der Waals surface area contributed by atoms with Crippen molar-refractivity contribution in [3.63, 3.8) is 0 Å². The minimum atomic E-state index is -0.409. The molecule has 1 aliphatic heterocycles. The number of nitrogens with zero attached hydrogens (tertiary/aromatic N) is 2. The molecule has 1 fully saturated rings. The van der Waals surface area contributed by atoms with Gasteiger partial charge in [-0.2, -0.15) is 0 Å². The summed E-state index contributed by atoms with van der Waals surface area (Å²) in [6.07, 6.45) is 0.230. The minimum Gasteiger partial charge on any atom is -0.340 e. The number of piperazine rings is 1. The number of benzene rings is 1. The molecule has 1 aromatic carbocycles. The Kier molecular flexibility index (Phi) is 5.91. The molecule has 0 atom stereocenters. The fourth-order valence-corrected chi connectivity index (χ4v) is 2.25. The van der Waals surface area contributed by atoms with Gasteiger partial charge in [-0.1, -0.05) is 12.1 Å². The summed E-state index contributed by atoms with van der Waals surface area (Å²) in [5, 5.41) is 14.0. The van der Waals surface area contributed by atoms with E-state index in [1.165, 1.54) is 6.07 Å². The van der Waals surface area contributed by atoms with E-state index in [2.05, 4.69) is 5.32 Å². The van der Waals surface area contributed by atoms with Crippen LogP contribution < -0.4 is 5.32 Å². The number of carbonyl (C=O) groups excluding carboxylic acids is 1. The number of hydrogen-bond acceptors (Lipinski definition) is 4. The fourth-order valence-electron chi connectivity index (χ4n) is 2.25. The van der Waals surface area contributed by atoms with Crippen LogP contribution in [0.1, 0.15) is 11.1 Å². The lowest BCUT2D eigenvalue weighted by atomic mass is 10.0. The number of rotatable bonds is 3. The average Bonchev–Trinajstić information content (AvgIpc) is 2.41. The maximum Gasteiger partial charge on any atom is 0.272 e. The van der Waals surface area contributed by atoms with Crippen molar-refractivity contribution in [2.45, 2.75) is 13.3 Å². The highest BCUT2D eigenvalue weighted by Gasteiger charge is 2.19. The number of nitro groups is 1. The molecule has 1 saturated heterocycles. The lowest BCUT2D eigenvalue weighted by Gasteiger charge is -2.27. The number of carbonyl (C=O) groups is 1. The first kappa shape index (κ1) is 16.4. The third-order valence-corrected chi connectivity index (χ3v) is 3.43. The van der Waals surface area contributed by atoms with E-state index in [1.54, 1.807) is 24.0 Å². The van der Waals surface area contributed by atoms with Gasteiger partial charge in [-0.25, -0.2) is 0 Å². The highest BCUT2D eigenvalue weighted by molar-refractivity contribution is 5.85. The van der Waals surface area contributed by atoms with Crippen LogP contribution in [-0.2, 0) is 11.2 Å². The topological polar surface area (TPSA) is 75.5 Å². The zero-order chi connectivity index (χ0) is 13.8. The number of halogens is 1. The van der Waals surface area contributed by atoms with Crippen LogP contribution in [0.25, 0.3) is 0 Å². The zero-order valence-corrected chi connectivity index (χ0v) is 12.1. The molecule has 2 rings (SSSR count). The first-order chi connectivity index (χ1) is 9.09. The van der Waals surface area contributed by atoms with Crippen LogP contribution in [0.5, 0.6) is 0 Å². The first-order valence-electron chi connectivity index (χ1n) is 6.31. The normalized spacial score (nSPS) is 14.6. The van der Waals surface area contributed by atoms with Crippen molar-refractivity contribution in [2.24, 2.45) is 0 Å². The highest BCUT2D eigenvalue weighted by atomic mass is 35.5. The Labute approximate surface area is 123 Å². The summed E-state index contributed by atoms with van der Waals surface area (Å²) in [7, 11) is 0. The van der Waals surface area contributed by atoms with Crippen LogP contribution >= 0.6 is 12.4 Å². The van der Waals surface area contributed by atoms with Crippen molar-refractivity contribution < 1.29 is 9.72 Å². The van der Waals surface area contributed by atoms with Crippen molar-refractivity contribution >= 4 is 24.0 Å². The summed E-state index contributed by atoms with van der Waals surface area (Å²) < 4.78 is 0. The number of nitro benzene ring substituents is 1. The molecule has 7 heteroatoms. The van der Waals surface area contributed by atoms with Crippen molar-refractivity contribution in [1.82, 2.24) is 10.2 Å². The van der Waals surface area contributed by atoms with Gasteiger partial charge in [0.2, 0.25) is 5.91 Å². The molecule has 1 aromatic rings. The smallest absolute Gasteiger partial charge is 0.272 e. The summed E-state index contributed by atoms with van der Waals surface area (Å²) >= 11 is 0. The first-order valence-corrected chi connectivity index (χ1v) is 6.31. The standard InChI is InChI=1S/C13H17N3O3.ClH/c1-10-11(3-2-4-12(10)16(18)19)9-13(17)15-7-5-14-6-8-15;/h2-4,14H,5-9H2,1H3;1H. The van der Waals surface area contributed by atoms with Crippen molar-refractivity contribution in [3.05, 3.63) is 39.4 Å². The van der Waals surface area contributed by atoms with Crippen LogP contribution in [0.4, 0.5) is 5.69 Å². The van der Waals surface area contributed by atoms with E-state index in [0.717, 1.165) is 18.7 Å². The van der Waals surface area contributed by atoms with Gasteiger partial charge >= 0.3 is 0 Å². The van der Waals surface area contributed by atoms with E-state index in [9.17, 15) is 14.9 Å². The molecule has 1 aliphatic rings. The van der Waals surface area contributed by atoms with E-state index in [4.69, 9.17) is 0 Å². The largest absolute Gasteiger partial charge is 0.340 e. The second-order valence-electron chi connectivity index (χ2n) is 4.63. The molecule has 110 valence electrons. The van der Waals surface area contributed by atoms with E-state index >= 15 is 0 Å². The van der Waals surface area contributed by atoms with Crippen molar-refractivity contribution in [2.75, 3.05) is 26.2 Å². The van der Waals surface area contributed by atoms with Crippen molar-refractivity contribution in [1.29, 1.82) is 0 Å². The molecule has 0 aromatic heterocycles. The second-order valence-corrected chi connectivity index (χ2v) is 4.63. The molecule has 0 radical (unpaired) electrons. The van der Waals surface area contributed by atoms with Gasteiger partial charge in [0.15, 0.2) is 0 Å². The number of amides is 1. The van der Waals surface area contributed by atoms with E-state index in [0.29, 0.717) is 18.7 Å². The third-order valence-electron chi connectivity index (χ3n) is 3.43. The summed E-state index contributed by atoms with van der Waals surface area (Å²) in [6, 6.07) is 4.88. The van der Waals surface area contributed by atoms with Crippen molar-refractivity contribution in [3.8, 4) is 0 Å². The van der Waals surface area contributed by atoms with Gasteiger partial charge in [-0.15, -0.1) is 12.4 Å². The van der Waals surface area contributed by atoms with Gasteiger partial charge < -0.3 is 10.2 Å². The lowest BCUT2D eigenvalue weighted by Crippen LogP contribution is -2.47. The lowest BCUT2D eigenvalue weighted by molar-refractivity contribution is -0.385. The quantitative estimate of drug-likeness (QED) is 0.674. The van der Waals surface area contributed by atoms with Gasteiger partial charge in [-0.3, -0.25) is 14.9 Å². The third kappa shape index (κ3) is 3.68. The molecular weight excluding hydrogens is 282 g/mol. The van der Waals surface area contributed by atoms with Crippen LogP contribution in [0.15, 0.2) is 18.2 Å². The number of nitrogens with one attached hydrogen (secondary N) is 1. The molecule has 1 heterocycles. The Balaban J connectivity index is 0.00000200. The Hall–Kier alpha value is -1.66. The summed E-state index contributed by atoms with van der Waals surface area (Å²) in [5.74, 6) is 0.0325. The maximum atomic E-state index is 12.1. The van der Waals surface area contributed by atoms with Crippen LogP contribution in [0, 0.1) is 17.0 Å². The van der Waals surface area contributed by atoms with Gasteiger partial charge in [0.1, 0.15) is 0 Å². The van der Waals surface area contributed by atoms with Gasteiger partial charge in [0.05, 0.1) is 11.3 Å². The highest BCUT2D eigenvalue weighted by Crippen LogP contribution is 2.21. The molecule has 0 spiro atoms. The molecule has 20 heavy (non-hydrogen) atoms. The molecular formula is C13H18ClN3O3. The van der Waals surface area contributed by atoms with Crippen LogP contribution in [0.2, 0.25) is 0 Å². The predicted molar refractivity (Wildman–Crippen MR) is 78.2 cm³/mol. The molecule has 0 saturated carbocycles. The summed E-state index contributed by atoms with van der Waals surface area (Å²) in [5.41, 5.74) is 1.39. The predicted octanol–water partition coefficient (Wildman–Crippen LogP) is 1.30. The maximum absolute atomic E-state index is 12.1. The Bertz CT molecular complexity index is 502. The molecule has 0 bridgehead atoms. The van der Waals surface area contributed by atoms with Gasteiger partial charge in [0, 0.05) is 37.8 Å². The fraction of sp³-hybridized carbons (Fsp3) is 0.462. The van der Waals surface area contributed by atoms with E-state index in [-0.39, 0.29) is 30.4 Å². The molecule has 0 unspecified atom stereocenters.